The van der Waals surface area contributed by atoms with Crippen molar-refractivity contribution >= 4 is 11.8 Å². The maximum Gasteiger partial charge on any atom is 0.243 e. The van der Waals surface area contributed by atoms with Gasteiger partial charge >= 0.3 is 0 Å². The second-order valence-corrected chi connectivity index (χ2v) is 6.84. The Morgan fingerprint density at radius 3 is 2.22 bits per heavy atom. The molecule has 0 bridgehead atoms. The van der Waals surface area contributed by atoms with Crippen LogP contribution in [0.4, 0.5) is 0 Å². The van der Waals surface area contributed by atoms with Crippen molar-refractivity contribution in [3.05, 3.63) is 35.9 Å². The third-order valence-electron chi connectivity index (χ3n) is 3.67. The third-order valence-corrected chi connectivity index (χ3v) is 3.67. The van der Waals surface area contributed by atoms with Crippen molar-refractivity contribution in [2.24, 2.45) is 0 Å². The van der Waals surface area contributed by atoms with Gasteiger partial charge in [-0.1, -0.05) is 44.2 Å². The van der Waals surface area contributed by atoms with Gasteiger partial charge in [0.1, 0.15) is 6.04 Å². The Balaban J connectivity index is 2.85. The van der Waals surface area contributed by atoms with Crippen LogP contribution in [-0.4, -0.2) is 34.8 Å². The van der Waals surface area contributed by atoms with E-state index in [1.807, 2.05) is 65.0 Å². The molecule has 0 saturated carbocycles. The highest BCUT2D eigenvalue weighted by atomic mass is 16.2. The molecule has 4 nitrogen and oxygen atoms in total. The minimum atomic E-state index is -0.412. The number of carbonyl (C=O) groups excluding carboxylic acids is 2. The van der Waals surface area contributed by atoms with E-state index in [1.165, 1.54) is 5.56 Å². The maximum absolute atomic E-state index is 12.6. The van der Waals surface area contributed by atoms with Crippen molar-refractivity contribution in [2.45, 2.75) is 65.5 Å². The highest BCUT2D eigenvalue weighted by Crippen LogP contribution is 2.12. The molecule has 0 heterocycles. The number of hydrogen-bond donors (Lipinski definition) is 1. The molecule has 1 aromatic rings. The molecular formula is C19H30N2O2. The summed E-state index contributed by atoms with van der Waals surface area (Å²) in [5.74, 6) is -0.0494. The summed E-state index contributed by atoms with van der Waals surface area (Å²) in [6, 6.07) is 9.64. The fourth-order valence-corrected chi connectivity index (χ4v) is 2.55. The van der Waals surface area contributed by atoms with Crippen molar-refractivity contribution in [3.8, 4) is 0 Å². The average molecular weight is 318 g/mol. The van der Waals surface area contributed by atoms with E-state index in [2.05, 4.69) is 5.32 Å². The zero-order valence-electron chi connectivity index (χ0n) is 15.1. The van der Waals surface area contributed by atoms with Gasteiger partial charge in [-0.25, -0.2) is 0 Å². The Hall–Kier alpha value is -1.84. The van der Waals surface area contributed by atoms with E-state index in [1.54, 1.807) is 4.90 Å². The lowest BCUT2D eigenvalue weighted by Crippen LogP contribution is -2.54. The first-order valence-corrected chi connectivity index (χ1v) is 8.44. The van der Waals surface area contributed by atoms with Crippen LogP contribution in [0, 0.1) is 0 Å². The Kier molecular flexibility index (Phi) is 7.27. The van der Waals surface area contributed by atoms with E-state index >= 15 is 0 Å². The molecule has 0 aliphatic heterocycles. The van der Waals surface area contributed by atoms with Gasteiger partial charge in [-0.3, -0.25) is 9.59 Å². The smallest absolute Gasteiger partial charge is 0.243 e. The van der Waals surface area contributed by atoms with Crippen molar-refractivity contribution in [1.82, 2.24) is 10.2 Å². The number of amides is 2. The summed E-state index contributed by atoms with van der Waals surface area (Å²) in [4.78, 5) is 26.6. The number of rotatable bonds is 7. The van der Waals surface area contributed by atoms with Gasteiger partial charge in [-0.2, -0.15) is 0 Å². The number of nitrogens with zero attached hydrogens (tertiary/aromatic N) is 1. The van der Waals surface area contributed by atoms with Crippen molar-refractivity contribution < 1.29 is 9.59 Å². The summed E-state index contributed by atoms with van der Waals surface area (Å²) < 4.78 is 0. The van der Waals surface area contributed by atoms with Gasteiger partial charge in [0.2, 0.25) is 11.8 Å². The van der Waals surface area contributed by atoms with Crippen LogP contribution in [0.3, 0.4) is 0 Å². The zero-order valence-corrected chi connectivity index (χ0v) is 15.1. The topological polar surface area (TPSA) is 49.4 Å². The van der Waals surface area contributed by atoms with E-state index in [9.17, 15) is 9.59 Å². The van der Waals surface area contributed by atoms with Crippen molar-refractivity contribution in [1.29, 1.82) is 0 Å². The Morgan fingerprint density at radius 2 is 1.74 bits per heavy atom. The van der Waals surface area contributed by atoms with Crippen LogP contribution in [0.1, 0.15) is 53.0 Å². The molecule has 0 aliphatic rings. The van der Waals surface area contributed by atoms with Gasteiger partial charge in [0, 0.05) is 18.5 Å². The summed E-state index contributed by atoms with van der Waals surface area (Å²) >= 11 is 0. The van der Waals surface area contributed by atoms with Gasteiger partial charge < -0.3 is 10.2 Å². The predicted octanol–water partition coefficient (Wildman–Crippen LogP) is 3.16. The molecule has 4 heteroatoms. The quantitative estimate of drug-likeness (QED) is 0.839. The standard InChI is InChI=1S/C19H30N2O2/c1-6-16(18(23)20-19(3,4)5)21(17(22)7-2)14-13-15-11-9-8-10-12-15/h8-12,16H,6-7,13-14H2,1-5H3,(H,20,23). The van der Waals surface area contributed by atoms with Crippen LogP contribution in [0.15, 0.2) is 30.3 Å². The van der Waals surface area contributed by atoms with Crippen LogP contribution in [0.2, 0.25) is 0 Å². The highest BCUT2D eigenvalue weighted by molar-refractivity contribution is 5.88. The van der Waals surface area contributed by atoms with Gasteiger partial charge in [0.25, 0.3) is 0 Å². The fraction of sp³-hybridized carbons (Fsp3) is 0.579. The van der Waals surface area contributed by atoms with Crippen LogP contribution in [-0.2, 0) is 16.0 Å². The second kappa shape index (κ2) is 8.70. The normalized spacial score (nSPS) is 12.6. The van der Waals surface area contributed by atoms with E-state index in [0.29, 0.717) is 19.4 Å². The molecule has 1 unspecified atom stereocenters. The average Bonchev–Trinajstić information content (AvgIpc) is 2.49. The third kappa shape index (κ3) is 6.43. The predicted molar refractivity (Wildman–Crippen MR) is 94.1 cm³/mol. The number of benzene rings is 1. The summed E-state index contributed by atoms with van der Waals surface area (Å²) in [5, 5.41) is 2.99. The lowest BCUT2D eigenvalue weighted by Gasteiger charge is -2.33. The van der Waals surface area contributed by atoms with Crippen molar-refractivity contribution in [2.75, 3.05) is 6.54 Å². The van der Waals surface area contributed by atoms with Crippen LogP contribution in [0.5, 0.6) is 0 Å². The Labute approximate surface area is 140 Å². The molecule has 128 valence electrons. The minimum absolute atomic E-state index is 0.0249. The second-order valence-electron chi connectivity index (χ2n) is 6.84. The lowest BCUT2D eigenvalue weighted by molar-refractivity contribution is -0.141. The van der Waals surface area contributed by atoms with Gasteiger partial charge in [0.15, 0.2) is 0 Å². The van der Waals surface area contributed by atoms with E-state index < -0.39 is 6.04 Å². The molecule has 2 amide bonds. The summed E-state index contributed by atoms with van der Waals surface area (Å²) in [6.07, 6.45) is 1.78. The highest BCUT2D eigenvalue weighted by Gasteiger charge is 2.29. The first-order chi connectivity index (χ1) is 10.8. The van der Waals surface area contributed by atoms with Crippen molar-refractivity contribution in [3.63, 3.8) is 0 Å². The molecule has 23 heavy (non-hydrogen) atoms. The largest absolute Gasteiger partial charge is 0.350 e. The number of hydrogen-bond acceptors (Lipinski definition) is 2. The molecule has 0 aliphatic carbocycles. The van der Waals surface area contributed by atoms with Crippen LogP contribution >= 0.6 is 0 Å². The molecule has 0 spiro atoms. The SMILES string of the molecule is CCC(=O)N(CCc1ccccc1)C(CC)C(=O)NC(C)(C)C. The molecule has 0 radical (unpaired) electrons. The molecule has 1 aromatic carbocycles. The Morgan fingerprint density at radius 1 is 1.13 bits per heavy atom. The van der Waals surface area contributed by atoms with Crippen LogP contribution < -0.4 is 5.32 Å². The van der Waals surface area contributed by atoms with Gasteiger partial charge in [-0.05, 0) is 39.2 Å². The molecule has 0 fully saturated rings. The zero-order chi connectivity index (χ0) is 17.5. The maximum atomic E-state index is 12.6. The summed E-state index contributed by atoms with van der Waals surface area (Å²) in [5.41, 5.74) is 0.873. The monoisotopic (exact) mass is 318 g/mol. The molecular weight excluding hydrogens is 288 g/mol. The molecule has 0 aromatic heterocycles. The number of carbonyl (C=O) groups is 2. The molecule has 1 rings (SSSR count). The van der Waals surface area contributed by atoms with Gasteiger partial charge in [0.05, 0.1) is 0 Å². The minimum Gasteiger partial charge on any atom is -0.350 e. The first-order valence-electron chi connectivity index (χ1n) is 8.44. The summed E-state index contributed by atoms with van der Waals surface area (Å²) in [6.45, 7) is 10.2. The lowest BCUT2D eigenvalue weighted by atomic mass is 10.1. The summed E-state index contributed by atoms with van der Waals surface area (Å²) in [7, 11) is 0. The Bertz CT molecular complexity index is 506. The fourth-order valence-electron chi connectivity index (χ4n) is 2.55. The van der Waals surface area contributed by atoms with E-state index in [-0.39, 0.29) is 17.4 Å². The van der Waals surface area contributed by atoms with Crippen LogP contribution in [0.25, 0.3) is 0 Å². The molecule has 1 N–H and O–H groups in total. The molecule has 1 atom stereocenters. The first kappa shape index (κ1) is 19.2. The van der Waals surface area contributed by atoms with Gasteiger partial charge in [-0.15, -0.1) is 0 Å². The van der Waals surface area contributed by atoms with E-state index in [0.717, 1.165) is 6.42 Å². The number of nitrogens with one attached hydrogen (secondary N) is 1. The van der Waals surface area contributed by atoms with E-state index in [4.69, 9.17) is 0 Å². The molecule has 0 saturated heterocycles.